The normalized spacial score (nSPS) is 10.1. The number of esters is 1. The summed E-state index contributed by atoms with van der Waals surface area (Å²) in [6, 6.07) is 6.78. The molecule has 0 aliphatic heterocycles. The van der Waals surface area contributed by atoms with Crippen molar-refractivity contribution in [2.75, 3.05) is 12.3 Å². The molecule has 2 rings (SSSR count). The molecule has 0 aliphatic carbocycles. The van der Waals surface area contributed by atoms with E-state index in [0.717, 1.165) is 0 Å². The number of anilines is 1. The highest BCUT2D eigenvalue weighted by molar-refractivity contribution is 6.30. The van der Waals surface area contributed by atoms with Crippen molar-refractivity contribution in [3.8, 4) is 11.8 Å². The van der Waals surface area contributed by atoms with Gasteiger partial charge in [-0.15, -0.1) is 0 Å². The first-order valence-corrected chi connectivity index (χ1v) is 6.16. The lowest BCUT2D eigenvalue weighted by atomic mass is 10.2. The van der Waals surface area contributed by atoms with Crippen LogP contribution in [0.5, 0.6) is 0 Å². The number of imidazole rings is 1. The second kappa shape index (κ2) is 5.63. The first-order chi connectivity index (χ1) is 9.58. The third-order valence-corrected chi connectivity index (χ3v) is 2.85. The SMILES string of the molecule is CCOC(=O)c1ncn(-c2cc(Cl)ccc2C#N)c1N. The fourth-order valence-corrected chi connectivity index (χ4v) is 1.87. The van der Waals surface area contributed by atoms with Crippen molar-refractivity contribution in [3.05, 3.63) is 40.8 Å². The monoisotopic (exact) mass is 290 g/mol. The fraction of sp³-hybridized carbons (Fsp3) is 0.154. The van der Waals surface area contributed by atoms with Crippen LogP contribution < -0.4 is 5.73 Å². The van der Waals surface area contributed by atoms with Gasteiger partial charge in [0.2, 0.25) is 0 Å². The lowest BCUT2D eigenvalue weighted by Crippen LogP contribution is -2.09. The lowest BCUT2D eigenvalue weighted by Gasteiger charge is -2.08. The minimum Gasteiger partial charge on any atom is -0.461 e. The van der Waals surface area contributed by atoms with Crippen molar-refractivity contribution in [2.45, 2.75) is 6.92 Å². The standard InChI is InChI=1S/C13H11ClN4O2/c1-2-20-13(19)11-12(16)18(7-17-11)10-5-9(14)4-3-8(10)6-15/h3-5,7H,2,16H2,1H3. The maximum Gasteiger partial charge on any atom is 0.360 e. The number of aromatic nitrogens is 2. The first-order valence-electron chi connectivity index (χ1n) is 5.78. The molecule has 0 atom stereocenters. The van der Waals surface area contributed by atoms with Crippen LogP contribution in [0.2, 0.25) is 5.02 Å². The minimum atomic E-state index is -0.607. The molecule has 1 aromatic heterocycles. The van der Waals surface area contributed by atoms with Crippen molar-refractivity contribution in [2.24, 2.45) is 0 Å². The van der Waals surface area contributed by atoms with Crippen molar-refractivity contribution < 1.29 is 9.53 Å². The fourth-order valence-electron chi connectivity index (χ4n) is 1.71. The number of hydrogen-bond acceptors (Lipinski definition) is 5. The van der Waals surface area contributed by atoms with E-state index in [2.05, 4.69) is 4.98 Å². The van der Waals surface area contributed by atoms with E-state index in [1.54, 1.807) is 25.1 Å². The van der Waals surface area contributed by atoms with Crippen LogP contribution in [0.25, 0.3) is 5.69 Å². The van der Waals surface area contributed by atoms with Gasteiger partial charge in [0.05, 0.1) is 17.9 Å². The Bertz CT molecular complexity index is 703. The van der Waals surface area contributed by atoms with Crippen LogP contribution in [0.15, 0.2) is 24.5 Å². The molecular weight excluding hydrogens is 280 g/mol. The topological polar surface area (TPSA) is 93.9 Å². The molecule has 7 heteroatoms. The molecule has 20 heavy (non-hydrogen) atoms. The van der Waals surface area contributed by atoms with Crippen molar-refractivity contribution >= 4 is 23.4 Å². The Kier molecular flexibility index (Phi) is 3.91. The summed E-state index contributed by atoms with van der Waals surface area (Å²) in [5.41, 5.74) is 6.73. The largest absolute Gasteiger partial charge is 0.461 e. The molecule has 0 saturated heterocycles. The van der Waals surface area contributed by atoms with Crippen LogP contribution in [0.4, 0.5) is 5.82 Å². The minimum absolute atomic E-state index is 0.00992. The summed E-state index contributed by atoms with van der Waals surface area (Å²) in [5.74, 6) is -0.508. The molecule has 0 aliphatic rings. The lowest BCUT2D eigenvalue weighted by molar-refractivity contribution is 0.0521. The third-order valence-electron chi connectivity index (χ3n) is 2.61. The maximum absolute atomic E-state index is 11.7. The summed E-state index contributed by atoms with van der Waals surface area (Å²) in [5, 5.41) is 9.55. The molecule has 1 heterocycles. The molecule has 0 saturated carbocycles. The molecule has 0 bridgehead atoms. The highest BCUT2D eigenvalue weighted by Gasteiger charge is 2.19. The average molecular weight is 291 g/mol. The van der Waals surface area contributed by atoms with Gasteiger partial charge in [0, 0.05) is 5.02 Å². The molecule has 0 amide bonds. The summed E-state index contributed by atoms with van der Waals surface area (Å²) in [4.78, 5) is 15.6. The van der Waals surface area contributed by atoms with E-state index in [9.17, 15) is 4.79 Å². The van der Waals surface area contributed by atoms with Gasteiger partial charge in [-0.25, -0.2) is 9.78 Å². The number of hydrogen-bond donors (Lipinski definition) is 1. The molecule has 6 nitrogen and oxygen atoms in total. The molecule has 2 N–H and O–H groups in total. The number of carbonyl (C=O) groups is 1. The van der Waals surface area contributed by atoms with E-state index in [0.29, 0.717) is 16.3 Å². The molecule has 0 radical (unpaired) electrons. The summed E-state index contributed by atoms with van der Waals surface area (Å²) in [6.07, 6.45) is 1.36. The van der Waals surface area contributed by atoms with Gasteiger partial charge in [0.1, 0.15) is 18.2 Å². The van der Waals surface area contributed by atoms with Crippen LogP contribution in [-0.4, -0.2) is 22.1 Å². The van der Waals surface area contributed by atoms with Gasteiger partial charge in [0.15, 0.2) is 5.69 Å². The smallest absolute Gasteiger partial charge is 0.360 e. The Labute approximate surface area is 120 Å². The van der Waals surface area contributed by atoms with Gasteiger partial charge in [0.25, 0.3) is 0 Å². The number of nitriles is 1. The summed E-state index contributed by atoms with van der Waals surface area (Å²) in [7, 11) is 0. The van der Waals surface area contributed by atoms with E-state index in [1.165, 1.54) is 10.9 Å². The van der Waals surface area contributed by atoms with E-state index in [4.69, 9.17) is 27.3 Å². The molecular formula is C13H11ClN4O2. The van der Waals surface area contributed by atoms with Crippen LogP contribution in [0.3, 0.4) is 0 Å². The van der Waals surface area contributed by atoms with Crippen LogP contribution in [0.1, 0.15) is 23.0 Å². The summed E-state index contributed by atoms with van der Waals surface area (Å²) >= 11 is 5.92. The van der Waals surface area contributed by atoms with Crippen LogP contribution >= 0.6 is 11.6 Å². The van der Waals surface area contributed by atoms with Gasteiger partial charge in [-0.05, 0) is 25.1 Å². The summed E-state index contributed by atoms with van der Waals surface area (Å²) < 4.78 is 6.28. The van der Waals surface area contributed by atoms with Crippen molar-refractivity contribution in [1.29, 1.82) is 5.26 Å². The van der Waals surface area contributed by atoms with Gasteiger partial charge >= 0.3 is 5.97 Å². The zero-order valence-corrected chi connectivity index (χ0v) is 11.4. The molecule has 0 spiro atoms. The highest BCUT2D eigenvalue weighted by Crippen LogP contribution is 2.24. The number of nitrogens with zero attached hydrogens (tertiary/aromatic N) is 3. The van der Waals surface area contributed by atoms with Gasteiger partial charge in [-0.3, -0.25) is 4.57 Å². The van der Waals surface area contributed by atoms with Gasteiger partial charge in [-0.1, -0.05) is 11.6 Å². The molecule has 0 fully saturated rings. The van der Waals surface area contributed by atoms with Crippen LogP contribution in [-0.2, 0) is 4.74 Å². The number of benzene rings is 1. The summed E-state index contributed by atoms with van der Waals surface area (Å²) in [6.45, 7) is 1.92. The Hall–Kier alpha value is -2.52. The quantitative estimate of drug-likeness (QED) is 0.874. The number of nitrogen functional groups attached to an aromatic ring is 1. The Morgan fingerprint density at radius 2 is 2.35 bits per heavy atom. The number of rotatable bonds is 3. The average Bonchev–Trinajstić information content (AvgIpc) is 2.80. The van der Waals surface area contributed by atoms with E-state index in [1.807, 2.05) is 6.07 Å². The van der Waals surface area contributed by atoms with Crippen LogP contribution in [0, 0.1) is 11.3 Å². The predicted molar refractivity (Wildman–Crippen MR) is 73.7 cm³/mol. The van der Waals surface area contributed by atoms with E-state index in [-0.39, 0.29) is 18.1 Å². The van der Waals surface area contributed by atoms with Crippen molar-refractivity contribution in [1.82, 2.24) is 9.55 Å². The van der Waals surface area contributed by atoms with E-state index >= 15 is 0 Å². The zero-order chi connectivity index (χ0) is 14.7. The molecule has 2 aromatic rings. The Morgan fingerprint density at radius 3 is 3.00 bits per heavy atom. The van der Waals surface area contributed by atoms with E-state index < -0.39 is 5.97 Å². The number of ether oxygens (including phenoxy) is 1. The second-order valence-corrected chi connectivity index (χ2v) is 4.28. The Balaban J connectivity index is 2.53. The zero-order valence-electron chi connectivity index (χ0n) is 10.6. The molecule has 102 valence electrons. The highest BCUT2D eigenvalue weighted by atomic mass is 35.5. The predicted octanol–water partition coefficient (Wildman–Crippen LogP) is 2.16. The number of nitrogens with two attached hydrogens (primary N) is 1. The molecule has 0 unspecified atom stereocenters. The Morgan fingerprint density at radius 1 is 1.60 bits per heavy atom. The second-order valence-electron chi connectivity index (χ2n) is 3.84. The third kappa shape index (κ3) is 2.44. The van der Waals surface area contributed by atoms with Gasteiger partial charge in [-0.2, -0.15) is 5.26 Å². The number of carbonyl (C=O) groups excluding carboxylic acids is 1. The molecule has 1 aromatic carbocycles. The first kappa shape index (κ1) is 13.9. The number of halogens is 1. The van der Waals surface area contributed by atoms with Gasteiger partial charge < -0.3 is 10.5 Å². The maximum atomic E-state index is 11.7. The van der Waals surface area contributed by atoms with Crippen molar-refractivity contribution in [3.63, 3.8) is 0 Å².